The molecule has 28 heavy (non-hydrogen) atoms. The zero-order valence-electron chi connectivity index (χ0n) is 16.3. The number of ketones is 1. The molecule has 0 radical (unpaired) electrons. The molecule has 0 aromatic heterocycles. The number of carbonyl (C=O) groups excluding carboxylic acids is 3. The van der Waals surface area contributed by atoms with E-state index in [4.69, 9.17) is 9.47 Å². The normalized spacial score (nSPS) is 11.4. The number of hydrogen-bond acceptors (Lipinski definition) is 6. The average molecular weight is 401 g/mol. The number of benzene rings is 2. The molecule has 148 valence electrons. The van der Waals surface area contributed by atoms with Crippen molar-refractivity contribution in [3.63, 3.8) is 0 Å². The fourth-order valence-electron chi connectivity index (χ4n) is 2.30. The molecule has 0 spiro atoms. The largest absolute Gasteiger partial charge is 0.497 e. The van der Waals surface area contributed by atoms with Crippen LogP contribution in [0.3, 0.4) is 0 Å². The second-order valence-electron chi connectivity index (χ2n) is 6.21. The Bertz CT molecular complexity index is 848. The van der Waals surface area contributed by atoms with Crippen LogP contribution >= 0.6 is 11.8 Å². The molecule has 0 aliphatic heterocycles. The van der Waals surface area contributed by atoms with Crippen molar-refractivity contribution in [3.05, 3.63) is 59.7 Å². The molecule has 0 saturated carbocycles. The summed E-state index contributed by atoms with van der Waals surface area (Å²) in [4.78, 5) is 39.0. The van der Waals surface area contributed by atoms with Crippen LogP contribution in [0.25, 0.3) is 0 Å². The number of Topliss-reactive ketones (excluding diaryl/α,β-unsaturated/α-hetero) is 1. The molecule has 0 aliphatic carbocycles. The van der Waals surface area contributed by atoms with Crippen LogP contribution in [0.1, 0.15) is 27.6 Å². The lowest BCUT2D eigenvalue weighted by Crippen LogP contribution is -2.25. The summed E-state index contributed by atoms with van der Waals surface area (Å²) >= 11 is 1.26. The Kier molecular flexibility index (Phi) is 7.63. The van der Waals surface area contributed by atoms with Crippen molar-refractivity contribution in [2.75, 3.05) is 27.0 Å². The predicted octanol–water partition coefficient (Wildman–Crippen LogP) is 3.30. The molecule has 0 fully saturated rings. The number of methoxy groups -OCH3 is 1. The number of nitrogens with zero attached hydrogens (tertiary/aromatic N) is 1. The first-order valence-corrected chi connectivity index (χ1v) is 9.63. The lowest BCUT2D eigenvalue weighted by molar-refractivity contribution is -0.125. The molecule has 0 unspecified atom stereocenters. The van der Waals surface area contributed by atoms with Gasteiger partial charge in [0.25, 0.3) is 0 Å². The summed E-state index contributed by atoms with van der Waals surface area (Å²) in [5, 5.41) is 0. The molecular weight excluding hydrogens is 378 g/mol. The van der Waals surface area contributed by atoms with Crippen LogP contribution in [0.4, 0.5) is 0 Å². The minimum absolute atomic E-state index is 0.0591. The average Bonchev–Trinajstić information content (AvgIpc) is 2.71. The predicted molar refractivity (Wildman–Crippen MR) is 108 cm³/mol. The van der Waals surface area contributed by atoms with Crippen LogP contribution in [0.15, 0.2) is 53.4 Å². The van der Waals surface area contributed by atoms with Crippen molar-refractivity contribution >= 4 is 29.4 Å². The Hall–Kier alpha value is -2.80. The maximum Gasteiger partial charge on any atom is 0.339 e. The van der Waals surface area contributed by atoms with Crippen LogP contribution < -0.4 is 4.74 Å². The molecule has 0 N–H and O–H groups in total. The van der Waals surface area contributed by atoms with Gasteiger partial charge in [0.15, 0.2) is 6.10 Å². The molecule has 0 heterocycles. The van der Waals surface area contributed by atoms with Gasteiger partial charge in [0.1, 0.15) is 5.75 Å². The summed E-state index contributed by atoms with van der Waals surface area (Å²) in [6, 6.07) is 13.5. The first-order valence-electron chi connectivity index (χ1n) is 8.64. The van der Waals surface area contributed by atoms with E-state index in [1.165, 1.54) is 23.6 Å². The summed E-state index contributed by atoms with van der Waals surface area (Å²) in [7, 11) is 4.90. The molecule has 1 amide bonds. The van der Waals surface area contributed by atoms with E-state index in [0.29, 0.717) is 21.8 Å². The monoisotopic (exact) mass is 401 g/mol. The van der Waals surface area contributed by atoms with Gasteiger partial charge in [-0.25, -0.2) is 4.79 Å². The minimum Gasteiger partial charge on any atom is -0.497 e. The van der Waals surface area contributed by atoms with Gasteiger partial charge in [0, 0.05) is 24.6 Å². The Balaban J connectivity index is 2.07. The summed E-state index contributed by atoms with van der Waals surface area (Å²) < 4.78 is 10.4. The molecule has 0 aliphatic rings. The van der Waals surface area contributed by atoms with Crippen molar-refractivity contribution in [2.45, 2.75) is 17.9 Å². The smallest absolute Gasteiger partial charge is 0.339 e. The Labute approximate surface area is 168 Å². The number of hydrogen-bond donors (Lipinski definition) is 0. The van der Waals surface area contributed by atoms with E-state index < -0.39 is 12.1 Å². The molecule has 2 aromatic rings. The van der Waals surface area contributed by atoms with Gasteiger partial charge < -0.3 is 14.4 Å². The number of esters is 1. The Morgan fingerprint density at radius 1 is 1.04 bits per heavy atom. The zero-order chi connectivity index (χ0) is 20.7. The molecule has 2 rings (SSSR count). The number of thioether (sulfide) groups is 1. The summed E-state index contributed by atoms with van der Waals surface area (Å²) in [5.41, 5.74) is 0.758. The van der Waals surface area contributed by atoms with Crippen LogP contribution in [0.5, 0.6) is 5.75 Å². The van der Waals surface area contributed by atoms with Crippen molar-refractivity contribution in [3.8, 4) is 5.75 Å². The van der Waals surface area contributed by atoms with Crippen LogP contribution in [0, 0.1) is 0 Å². The lowest BCUT2D eigenvalue weighted by Gasteiger charge is -2.15. The maximum atomic E-state index is 12.6. The fourth-order valence-corrected chi connectivity index (χ4v) is 3.32. The first kappa shape index (κ1) is 21.5. The molecular formula is C21H23NO5S. The second kappa shape index (κ2) is 9.94. The van der Waals surface area contributed by atoms with Crippen LogP contribution in [0.2, 0.25) is 0 Å². The second-order valence-corrected chi connectivity index (χ2v) is 7.23. The summed E-state index contributed by atoms with van der Waals surface area (Å²) in [6.07, 6.45) is -0.942. The van der Waals surface area contributed by atoms with Gasteiger partial charge in [-0.15, -0.1) is 11.8 Å². The van der Waals surface area contributed by atoms with Crippen LogP contribution in [-0.2, 0) is 9.53 Å². The number of amides is 1. The van der Waals surface area contributed by atoms with Crippen molar-refractivity contribution in [1.29, 1.82) is 0 Å². The lowest BCUT2D eigenvalue weighted by atomic mass is 10.1. The van der Waals surface area contributed by atoms with Gasteiger partial charge in [0.2, 0.25) is 11.7 Å². The van der Waals surface area contributed by atoms with E-state index in [-0.39, 0.29) is 17.4 Å². The van der Waals surface area contributed by atoms with Crippen molar-refractivity contribution < 1.29 is 23.9 Å². The highest BCUT2D eigenvalue weighted by molar-refractivity contribution is 8.00. The molecule has 2 aromatic carbocycles. The van der Waals surface area contributed by atoms with Crippen molar-refractivity contribution in [2.24, 2.45) is 0 Å². The van der Waals surface area contributed by atoms with Gasteiger partial charge in [-0.1, -0.05) is 12.1 Å². The molecule has 0 bridgehead atoms. The third-order valence-corrected chi connectivity index (χ3v) is 5.04. The molecule has 6 nitrogen and oxygen atoms in total. The maximum absolute atomic E-state index is 12.6. The topological polar surface area (TPSA) is 72.9 Å². The summed E-state index contributed by atoms with van der Waals surface area (Å²) in [6.45, 7) is 1.54. The molecule has 7 heteroatoms. The van der Waals surface area contributed by atoms with E-state index in [1.807, 2.05) is 0 Å². The van der Waals surface area contributed by atoms with Gasteiger partial charge in [-0.3, -0.25) is 9.59 Å². The highest BCUT2D eigenvalue weighted by Crippen LogP contribution is 2.24. The highest BCUT2D eigenvalue weighted by atomic mass is 32.2. The zero-order valence-corrected chi connectivity index (χ0v) is 17.1. The fraction of sp³-hybridized carbons (Fsp3) is 0.286. The van der Waals surface area contributed by atoms with E-state index in [2.05, 4.69) is 0 Å². The quantitative estimate of drug-likeness (QED) is 0.384. The van der Waals surface area contributed by atoms with Gasteiger partial charge in [-0.05, 0) is 43.3 Å². The van der Waals surface area contributed by atoms with Gasteiger partial charge >= 0.3 is 5.97 Å². The SMILES string of the molecule is COc1ccc(C(=O)[C@@H](C)OC(=O)c2ccccc2SCC(=O)N(C)C)cc1. The molecule has 0 saturated heterocycles. The first-order chi connectivity index (χ1) is 13.3. The Morgan fingerprint density at radius 3 is 2.29 bits per heavy atom. The van der Waals surface area contributed by atoms with E-state index in [0.717, 1.165) is 0 Å². The van der Waals surface area contributed by atoms with Crippen LogP contribution in [-0.4, -0.2) is 55.6 Å². The number of carbonyl (C=O) groups is 3. The minimum atomic E-state index is -0.942. The Morgan fingerprint density at radius 2 is 1.68 bits per heavy atom. The van der Waals surface area contributed by atoms with E-state index >= 15 is 0 Å². The van der Waals surface area contributed by atoms with Gasteiger partial charge in [-0.2, -0.15) is 0 Å². The van der Waals surface area contributed by atoms with Gasteiger partial charge in [0.05, 0.1) is 18.4 Å². The third kappa shape index (κ3) is 5.60. The highest BCUT2D eigenvalue weighted by Gasteiger charge is 2.22. The van der Waals surface area contributed by atoms with E-state index in [9.17, 15) is 14.4 Å². The van der Waals surface area contributed by atoms with E-state index in [1.54, 1.807) is 69.7 Å². The molecule has 1 atom stereocenters. The number of ether oxygens (including phenoxy) is 2. The number of rotatable bonds is 8. The van der Waals surface area contributed by atoms with Crippen molar-refractivity contribution in [1.82, 2.24) is 4.90 Å². The standard InChI is InChI=1S/C21H23NO5S/c1-14(20(24)15-9-11-16(26-4)12-10-15)27-21(25)17-7-5-6-8-18(17)28-13-19(23)22(2)3/h5-12,14H,13H2,1-4H3/t14-/m1/s1. The third-order valence-electron chi connectivity index (χ3n) is 3.98. The summed E-state index contributed by atoms with van der Waals surface area (Å²) in [5.74, 6) is -0.119.